The van der Waals surface area contributed by atoms with E-state index in [1.807, 2.05) is 17.0 Å². The molecule has 3 rings (SSSR count). The summed E-state index contributed by atoms with van der Waals surface area (Å²) in [4.78, 5) is 18.7. The van der Waals surface area contributed by atoms with E-state index in [1.54, 1.807) is 19.5 Å². The van der Waals surface area contributed by atoms with Crippen molar-refractivity contribution in [2.24, 2.45) is 11.3 Å². The van der Waals surface area contributed by atoms with Gasteiger partial charge in [-0.25, -0.2) is 0 Å². The molecule has 0 bridgehead atoms. The first-order chi connectivity index (χ1) is 10.6. The molecule has 2 atom stereocenters. The summed E-state index contributed by atoms with van der Waals surface area (Å²) in [7, 11) is 1.65. The third-order valence-electron chi connectivity index (χ3n) is 5.13. The minimum Gasteiger partial charge on any atom is -0.391 e. The van der Waals surface area contributed by atoms with E-state index in [1.165, 1.54) is 0 Å². The molecule has 1 aliphatic carbocycles. The van der Waals surface area contributed by atoms with E-state index in [2.05, 4.69) is 4.98 Å². The molecule has 5 nitrogen and oxygen atoms in total. The predicted molar refractivity (Wildman–Crippen MR) is 82.2 cm³/mol. The molecule has 0 aromatic carbocycles. The molecule has 1 aromatic rings. The van der Waals surface area contributed by atoms with Gasteiger partial charge in [0.05, 0.1) is 18.1 Å². The second-order valence-corrected chi connectivity index (χ2v) is 6.66. The van der Waals surface area contributed by atoms with E-state index < -0.39 is 6.10 Å². The highest BCUT2D eigenvalue weighted by atomic mass is 16.5. The van der Waals surface area contributed by atoms with E-state index in [-0.39, 0.29) is 17.2 Å². The Morgan fingerprint density at radius 3 is 2.73 bits per heavy atom. The zero-order valence-corrected chi connectivity index (χ0v) is 13.1. The lowest BCUT2D eigenvalue weighted by molar-refractivity contribution is -0.151. The second kappa shape index (κ2) is 6.34. The third-order valence-corrected chi connectivity index (χ3v) is 5.13. The summed E-state index contributed by atoms with van der Waals surface area (Å²) in [5.74, 6) is 0.267. The van der Waals surface area contributed by atoms with Crippen molar-refractivity contribution < 1.29 is 14.6 Å². The van der Waals surface area contributed by atoms with Crippen LogP contribution in [0.15, 0.2) is 24.5 Å². The van der Waals surface area contributed by atoms with Gasteiger partial charge < -0.3 is 14.7 Å². The normalized spacial score (nSPS) is 26.7. The Bertz CT molecular complexity index is 516. The van der Waals surface area contributed by atoms with Crippen LogP contribution in [0.4, 0.5) is 0 Å². The van der Waals surface area contributed by atoms with Gasteiger partial charge in [0, 0.05) is 38.5 Å². The van der Waals surface area contributed by atoms with Crippen LogP contribution in [0.25, 0.3) is 0 Å². The van der Waals surface area contributed by atoms with Gasteiger partial charge in [0.25, 0.3) is 0 Å². The van der Waals surface area contributed by atoms with Crippen molar-refractivity contribution in [3.05, 3.63) is 30.1 Å². The summed E-state index contributed by atoms with van der Waals surface area (Å²) in [6, 6.07) is 3.94. The van der Waals surface area contributed by atoms with Gasteiger partial charge in [-0.05, 0) is 37.0 Å². The zero-order valence-electron chi connectivity index (χ0n) is 13.1. The molecule has 120 valence electrons. The van der Waals surface area contributed by atoms with Crippen LogP contribution in [-0.2, 0) is 16.0 Å². The topological polar surface area (TPSA) is 62.7 Å². The number of rotatable bonds is 5. The highest BCUT2D eigenvalue weighted by Gasteiger charge is 2.48. The molecule has 2 aliphatic rings. The molecule has 1 amide bonds. The zero-order chi connectivity index (χ0) is 15.6. The molecule has 1 saturated carbocycles. The number of aliphatic hydroxyl groups excluding tert-OH is 1. The Morgan fingerprint density at radius 1 is 1.41 bits per heavy atom. The fourth-order valence-electron chi connectivity index (χ4n) is 3.68. The van der Waals surface area contributed by atoms with Gasteiger partial charge >= 0.3 is 0 Å². The molecule has 1 N–H and O–H groups in total. The van der Waals surface area contributed by atoms with E-state index in [9.17, 15) is 9.90 Å². The van der Waals surface area contributed by atoms with Crippen LogP contribution in [0.5, 0.6) is 0 Å². The van der Waals surface area contributed by atoms with Crippen molar-refractivity contribution in [2.45, 2.75) is 31.8 Å². The highest BCUT2D eigenvalue weighted by molar-refractivity contribution is 5.84. The molecule has 2 heterocycles. The maximum atomic E-state index is 12.8. The van der Waals surface area contributed by atoms with E-state index >= 15 is 0 Å². The summed E-state index contributed by atoms with van der Waals surface area (Å²) in [6.07, 6.45) is 6.76. The molecule has 1 aromatic heterocycles. The van der Waals surface area contributed by atoms with Gasteiger partial charge in [0.1, 0.15) is 0 Å². The lowest BCUT2D eigenvalue weighted by atomic mass is 9.68. The molecule has 0 unspecified atom stereocenters. The van der Waals surface area contributed by atoms with Gasteiger partial charge in [-0.15, -0.1) is 0 Å². The number of aliphatic hydroxyl groups is 1. The molecule has 22 heavy (non-hydrogen) atoms. The Hall–Kier alpha value is -1.46. The number of pyridine rings is 1. The van der Waals surface area contributed by atoms with Crippen LogP contribution in [-0.4, -0.2) is 53.8 Å². The van der Waals surface area contributed by atoms with Crippen LogP contribution in [0, 0.1) is 11.3 Å². The Kier molecular flexibility index (Phi) is 4.45. The number of hydrogen-bond donors (Lipinski definition) is 1. The van der Waals surface area contributed by atoms with E-state index in [4.69, 9.17) is 4.74 Å². The van der Waals surface area contributed by atoms with Crippen LogP contribution >= 0.6 is 0 Å². The maximum Gasteiger partial charge on any atom is 0.231 e. The number of hydrogen-bond acceptors (Lipinski definition) is 4. The number of carbonyl (C=O) groups is 1. The predicted octanol–water partition coefficient (Wildman–Crippen LogP) is 1.26. The minimum absolute atomic E-state index is 0.103. The van der Waals surface area contributed by atoms with Crippen molar-refractivity contribution >= 4 is 5.91 Å². The lowest BCUT2D eigenvalue weighted by Crippen LogP contribution is -2.50. The molecule has 2 fully saturated rings. The van der Waals surface area contributed by atoms with Crippen molar-refractivity contribution in [1.82, 2.24) is 9.88 Å². The molecule has 0 radical (unpaired) electrons. The molecule has 5 heteroatoms. The van der Waals surface area contributed by atoms with Crippen molar-refractivity contribution in [1.29, 1.82) is 0 Å². The monoisotopic (exact) mass is 304 g/mol. The maximum absolute atomic E-state index is 12.8. The molecule has 1 saturated heterocycles. The number of ether oxygens (including phenoxy) is 1. The van der Waals surface area contributed by atoms with Crippen LogP contribution < -0.4 is 0 Å². The summed E-state index contributed by atoms with van der Waals surface area (Å²) < 4.78 is 5.26. The minimum atomic E-state index is -0.447. The molecular weight excluding hydrogens is 280 g/mol. The van der Waals surface area contributed by atoms with Crippen LogP contribution in [0.3, 0.4) is 0 Å². The highest BCUT2D eigenvalue weighted by Crippen LogP contribution is 2.43. The first-order valence-corrected chi connectivity index (χ1v) is 8.00. The summed E-state index contributed by atoms with van der Waals surface area (Å²) in [5, 5.41) is 10.3. The van der Waals surface area contributed by atoms with Crippen LogP contribution in [0.2, 0.25) is 0 Å². The largest absolute Gasteiger partial charge is 0.391 e. The van der Waals surface area contributed by atoms with Gasteiger partial charge in [-0.2, -0.15) is 0 Å². The third kappa shape index (κ3) is 2.88. The smallest absolute Gasteiger partial charge is 0.231 e. The first kappa shape index (κ1) is 15.4. The standard InChI is InChI=1S/C17H24N2O3/c1-22-12-17(5-2-6-17)16(21)19-10-14(15(20)11-19)9-13-3-7-18-8-4-13/h3-4,7-8,14-15,20H,2,5-6,9-12H2,1H3/t14-,15+/m1/s1. The lowest BCUT2D eigenvalue weighted by Gasteiger charge is -2.42. The second-order valence-electron chi connectivity index (χ2n) is 6.66. The Labute approximate surface area is 131 Å². The van der Waals surface area contributed by atoms with Gasteiger partial charge in [-0.3, -0.25) is 9.78 Å². The van der Waals surface area contributed by atoms with Crippen LogP contribution in [0.1, 0.15) is 24.8 Å². The Morgan fingerprint density at radius 2 is 2.14 bits per heavy atom. The fraction of sp³-hybridized carbons (Fsp3) is 0.647. The summed E-state index contributed by atoms with van der Waals surface area (Å²) in [6.45, 7) is 1.57. The summed E-state index contributed by atoms with van der Waals surface area (Å²) in [5.41, 5.74) is 0.823. The number of aromatic nitrogens is 1. The number of β-amino-alcohol motifs (C(OH)–C–C–N with tert-alkyl or cyclic N) is 1. The first-order valence-electron chi connectivity index (χ1n) is 8.00. The number of carbonyl (C=O) groups excluding carboxylic acids is 1. The van der Waals surface area contributed by atoms with Crippen molar-refractivity contribution in [3.63, 3.8) is 0 Å². The number of nitrogens with zero attached hydrogens (tertiary/aromatic N) is 2. The average molecular weight is 304 g/mol. The van der Waals surface area contributed by atoms with E-state index in [0.29, 0.717) is 19.7 Å². The molecule has 1 aliphatic heterocycles. The fourth-order valence-corrected chi connectivity index (χ4v) is 3.68. The Balaban J connectivity index is 1.64. The SMILES string of the molecule is COCC1(C(=O)N2C[C@@H](Cc3ccncc3)[C@@H](O)C2)CCC1. The van der Waals surface area contributed by atoms with E-state index in [0.717, 1.165) is 31.2 Å². The molecular formula is C17H24N2O3. The average Bonchev–Trinajstić information content (AvgIpc) is 2.84. The number of likely N-dealkylation sites (tertiary alicyclic amines) is 1. The summed E-state index contributed by atoms with van der Waals surface area (Å²) >= 11 is 0. The van der Waals surface area contributed by atoms with Crippen molar-refractivity contribution in [3.8, 4) is 0 Å². The van der Waals surface area contributed by atoms with Gasteiger partial charge in [0.15, 0.2) is 0 Å². The van der Waals surface area contributed by atoms with Gasteiger partial charge in [0.2, 0.25) is 5.91 Å². The molecule has 0 spiro atoms. The van der Waals surface area contributed by atoms with Crippen molar-refractivity contribution in [2.75, 3.05) is 26.8 Å². The van der Waals surface area contributed by atoms with Gasteiger partial charge in [-0.1, -0.05) is 6.42 Å². The number of methoxy groups -OCH3 is 1. The quantitative estimate of drug-likeness (QED) is 0.889. The number of amides is 1.